The van der Waals surface area contributed by atoms with Crippen molar-refractivity contribution in [2.45, 2.75) is 59.0 Å². The van der Waals surface area contributed by atoms with Gasteiger partial charge in [-0.2, -0.15) is 19.0 Å². The Balaban J connectivity index is 0. The standard InChI is InChI=1S/C9H22B.K/c1-4-7-10(8-5-2)9-6-3;/h10H,4-9H2,1-3H3;/q-1;+1. The molecule has 0 saturated heterocycles. The van der Waals surface area contributed by atoms with Crippen molar-refractivity contribution in [1.29, 1.82) is 0 Å². The fourth-order valence-corrected chi connectivity index (χ4v) is 2.03. The van der Waals surface area contributed by atoms with Crippen LogP contribution in [-0.4, -0.2) is 6.71 Å². The number of hydrogen-bond acceptors (Lipinski definition) is 0. The maximum absolute atomic E-state index is 2.31. The Kier molecular flexibility index (Phi) is 16.2. The summed E-state index contributed by atoms with van der Waals surface area (Å²) in [6, 6.07) is 0. The van der Waals surface area contributed by atoms with Crippen molar-refractivity contribution in [3.63, 3.8) is 0 Å². The third-order valence-corrected chi connectivity index (χ3v) is 2.56. The SMILES string of the molecule is CCC[BH-](CCC)CCC.[K+]. The molecule has 0 spiro atoms. The molecule has 0 N–H and O–H groups in total. The largest absolute Gasteiger partial charge is 1.00 e. The van der Waals surface area contributed by atoms with Crippen molar-refractivity contribution in [2.24, 2.45) is 0 Å². The minimum Gasteiger partial charge on any atom is -0.181 e. The average Bonchev–Trinajstić information content (AvgIpc) is 1.90. The Morgan fingerprint density at radius 3 is 1.18 bits per heavy atom. The maximum Gasteiger partial charge on any atom is 1.00 e. The molecule has 0 aromatic carbocycles. The molecule has 0 rings (SSSR count). The van der Waals surface area contributed by atoms with E-state index in [1.807, 2.05) is 0 Å². The Hall–Kier alpha value is 1.70. The van der Waals surface area contributed by atoms with Gasteiger partial charge in [-0.1, -0.05) is 40.0 Å². The first-order valence-electron chi connectivity index (χ1n) is 5.12. The predicted molar refractivity (Wildman–Crippen MR) is 52.4 cm³/mol. The molecule has 0 atom stereocenters. The molecule has 0 saturated carbocycles. The Labute approximate surface area is 115 Å². The Morgan fingerprint density at radius 2 is 1.00 bits per heavy atom. The van der Waals surface area contributed by atoms with Crippen LogP contribution in [0.3, 0.4) is 0 Å². The van der Waals surface area contributed by atoms with Gasteiger partial charge in [0, 0.05) is 0 Å². The zero-order valence-corrected chi connectivity index (χ0v) is 12.1. The minimum atomic E-state index is 0. The van der Waals surface area contributed by atoms with Crippen LogP contribution < -0.4 is 51.4 Å². The van der Waals surface area contributed by atoms with Crippen molar-refractivity contribution >= 4 is 6.71 Å². The first-order valence-corrected chi connectivity index (χ1v) is 5.12. The molecule has 0 nitrogen and oxygen atoms in total. The topological polar surface area (TPSA) is 0 Å². The summed E-state index contributed by atoms with van der Waals surface area (Å²) in [5.74, 6) is 0. The van der Waals surface area contributed by atoms with Gasteiger partial charge in [-0.05, 0) is 6.71 Å². The van der Waals surface area contributed by atoms with E-state index >= 15 is 0 Å². The smallest absolute Gasteiger partial charge is 0.181 e. The van der Waals surface area contributed by atoms with Crippen LogP contribution in [0.25, 0.3) is 0 Å². The summed E-state index contributed by atoms with van der Waals surface area (Å²) < 4.78 is 0. The van der Waals surface area contributed by atoms with Crippen LogP contribution in [0, 0.1) is 0 Å². The Morgan fingerprint density at radius 1 is 0.727 bits per heavy atom. The van der Waals surface area contributed by atoms with E-state index in [-0.39, 0.29) is 58.1 Å². The first kappa shape index (κ1) is 15.2. The fourth-order valence-electron chi connectivity index (χ4n) is 2.03. The first-order chi connectivity index (χ1) is 4.85. The van der Waals surface area contributed by atoms with Crippen LogP contribution in [0.2, 0.25) is 19.0 Å². The quantitative estimate of drug-likeness (QED) is 0.520. The van der Waals surface area contributed by atoms with E-state index in [2.05, 4.69) is 20.8 Å². The molecule has 0 amide bonds. The normalized spacial score (nSPS) is 9.82. The summed E-state index contributed by atoms with van der Waals surface area (Å²) in [4.78, 5) is 0. The molecular formula is C9H22BK. The van der Waals surface area contributed by atoms with E-state index in [1.165, 1.54) is 38.2 Å². The second-order valence-electron chi connectivity index (χ2n) is 3.62. The van der Waals surface area contributed by atoms with Gasteiger partial charge in [-0.25, -0.2) is 0 Å². The molecule has 0 radical (unpaired) electrons. The molecule has 0 fully saturated rings. The monoisotopic (exact) mass is 180 g/mol. The molecule has 0 bridgehead atoms. The molecule has 0 unspecified atom stereocenters. The summed E-state index contributed by atoms with van der Waals surface area (Å²) in [5, 5.41) is 0. The molecular weight excluding hydrogens is 158 g/mol. The molecule has 62 valence electrons. The van der Waals surface area contributed by atoms with Crippen LogP contribution >= 0.6 is 0 Å². The van der Waals surface area contributed by atoms with Gasteiger partial charge in [0.05, 0.1) is 0 Å². The summed E-state index contributed by atoms with van der Waals surface area (Å²) in [7, 11) is 0. The van der Waals surface area contributed by atoms with Gasteiger partial charge in [-0.15, -0.1) is 0 Å². The van der Waals surface area contributed by atoms with Crippen molar-refractivity contribution in [3.05, 3.63) is 0 Å². The maximum atomic E-state index is 2.31. The molecule has 0 aromatic rings. The van der Waals surface area contributed by atoms with Crippen LogP contribution in [0.1, 0.15) is 40.0 Å². The molecule has 0 aliphatic heterocycles. The molecule has 0 aromatic heterocycles. The molecule has 0 aliphatic rings. The van der Waals surface area contributed by atoms with E-state index in [9.17, 15) is 0 Å². The van der Waals surface area contributed by atoms with Crippen molar-refractivity contribution in [1.82, 2.24) is 0 Å². The van der Waals surface area contributed by atoms with Crippen LogP contribution in [0.4, 0.5) is 0 Å². The summed E-state index contributed by atoms with van der Waals surface area (Å²) in [6.07, 6.45) is 8.80. The minimum absolute atomic E-state index is 0. The van der Waals surface area contributed by atoms with Crippen LogP contribution in [0.5, 0.6) is 0 Å². The van der Waals surface area contributed by atoms with Crippen LogP contribution in [-0.2, 0) is 0 Å². The van der Waals surface area contributed by atoms with Gasteiger partial charge in [0.15, 0.2) is 0 Å². The predicted octanol–water partition coefficient (Wildman–Crippen LogP) is 0.448. The van der Waals surface area contributed by atoms with Crippen molar-refractivity contribution in [3.8, 4) is 0 Å². The van der Waals surface area contributed by atoms with Gasteiger partial charge in [-0.3, -0.25) is 0 Å². The van der Waals surface area contributed by atoms with E-state index in [0.29, 0.717) is 0 Å². The second-order valence-corrected chi connectivity index (χ2v) is 3.62. The molecule has 2 heteroatoms. The summed E-state index contributed by atoms with van der Waals surface area (Å²) in [5.41, 5.74) is 0. The van der Waals surface area contributed by atoms with E-state index < -0.39 is 0 Å². The zero-order valence-electron chi connectivity index (χ0n) is 8.95. The fraction of sp³-hybridized carbons (Fsp3) is 1.00. The Bertz CT molecular complexity index is 52.3. The van der Waals surface area contributed by atoms with Crippen LogP contribution in [0.15, 0.2) is 0 Å². The van der Waals surface area contributed by atoms with Gasteiger partial charge < -0.3 is 0 Å². The van der Waals surface area contributed by atoms with E-state index in [4.69, 9.17) is 0 Å². The molecule has 0 heterocycles. The zero-order chi connectivity index (χ0) is 7.82. The van der Waals surface area contributed by atoms with Gasteiger partial charge in [0.1, 0.15) is 0 Å². The van der Waals surface area contributed by atoms with Crippen molar-refractivity contribution in [2.75, 3.05) is 0 Å². The molecule has 0 aliphatic carbocycles. The summed E-state index contributed by atoms with van der Waals surface area (Å²) >= 11 is 0. The van der Waals surface area contributed by atoms with Crippen molar-refractivity contribution < 1.29 is 51.4 Å². The average molecular weight is 180 g/mol. The van der Waals surface area contributed by atoms with Gasteiger partial charge >= 0.3 is 51.4 Å². The number of rotatable bonds is 6. The molecule has 11 heavy (non-hydrogen) atoms. The second kappa shape index (κ2) is 11.7. The third-order valence-electron chi connectivity index (χ3n) is 2.56. The third kappa shape index (κ3) is 9.62. The van der Waals surface area contributed by atoms with Gasteiger partial charge in [0.25, 0.3) is 0 Å². The van der Waals surface area contributed by atoms with E-state index in [0.717, 1.165) is 0 Å². The van der Waals surface area contributed by atoms with E-state index in [1.54, 1.807) is 0 Å². The van der Waals surface area contributed by atoms with Gasteiger partial charge in [0.2, 0.25) is 0 Å². The number of hydrogen-bond donors (Lipinski definition) is 0. The summed E-state index contributed by atoms with van der Waals surface area (Å²) in [6.45, 7) is 7.20.